The van der Waals surface area contributed by atoms with Crippen molar-refractivity contribution in [2.24, 2.45) is 0 Å². The second-order valence-corrected chi connectivity index (χ2v) is 8.10. The van der Waals surface area contributed by atoms with Gasteiger partial charge in [0.1, 0.15) is 12.4 Å². The minimum Gasteiger partial charge on any atom is -0.489 e. The van der Waals surface area contributed by atoms with Gasteiger partial charge in [0.25, 0.3) is 5.91 Å². The summed E-state index contributed by atoms with van der Waals surface area (Å²) in [6, 6.07) is 24.2. The Bertz CT molecular complexity index is 1240. The van der Waals surface area contributed by atoms with Gasteiger partial charge in [-0.1, -0.05) is 54.1 Å². The number of hydrogen-bond acceptors (Lipinski definition) is 4. The Morgan fingerprint density at radius 1 is 1.03 bits per heavy atom. The molecule has 0 radical (unpaired) electrons. The second-order valence-electron chi connectivity index (χ2n) is 7.66. The number of benzene rings is 3. The van der Waals surface area contributed by atoms with E-state index in [2.05, 4.69) is 10.4 Å². The quantitative estimate of drug-likeness (QED) is 0.330. The first-order chi connectivity index (χ1) is 16.0. The summed E-state index contributed by atoms with van der Waals surface area (Å²) in [6.45, 7) is 2.71. The molecule has 0 aliphatic heterocycles. The van der Waals surface area contributed by atoms with E-state index >= 15 is 0 Å². The molecule has 8 heteroatoms. The number of aliphatic hydroxyl groups is 1. The van der Waals surface area contributed by atoms with Crippen LogP contribution in [-0.2, 0) is 19.8 Å². The molecule has 0 fully saturated rings. The molecular formula is C26H25Cl2N3O3. The summed E-state index contributed by atoms with van der Waals surface area (Å²) in [5.41, 5.74) is 4.50. The molecule has 1 aromatic heterocycles. The third-order valence-electron chi connectivity index (χ3n) is 5.19. The average molecular weight is 498 g/mol. The van der Waals surface area contributed by atoms with Crippen molar-refractivity contribution >= 4 is 35.6 Å². The molecule has 0 atom stereocenters. The highest BCUT2D eigenvalue weighted by atomic mass is 35.5. The normalized spacial score (nSPS) is 10.4. The molecule has 0 aliphatic carbocycles. The third kappa shape index (κ3) is 6.38. The lowest BCUT2D eigenvalue weighted by Crippen LogP contribution is -2.14. The number of carbonyl (C=O) groups excluding carboxylic acids is 1. The molecule has 4 aromatic rings. The van der Waals surface area contributed by atoms with Crippen molar-refractivity contribution in [1.29, 1.82) is 0 Å². The molecule has 0 spiro atoms. The highest BCUT2D eigenvalue weighted by Gasteiger charge is 2.15. The number of aliphatic hydroxyl groups excluding tert-OH is 1. The van der Waals surface area contributed by atoms with Gasteiger partial charge in [-0.25, -0.2) is 0 Å². The van der Waals surface area contributed by atoms with Gasteiger partial charge >= 0.3 is 0 Å². The molecule has 6 nitrogen and oxygen atoms in total. The number of nitrogens with one attached hydrogen (secondary N) is 1. The fraction of sp³-hybridized carbons (Fsp3) is 0.154. The molecule has 34 heavy (non-hydrogen) atoms. The number of ether oxygens (including phenoxy) is 1. The van der Waals surface area contributed by atoms with Gasteiger partial charge in [0.05, 0.1) is 13.2 Å². The van der Waals surface area contributed by atoms with Crippen LogP contribution in [0.5, 0.6) is 5.75 Å². The number of carbonyl (C=O) groups is 1. The van der Waals surface area contributed by atoms with Gasteiger partial charge < -0.3 is 15.2 Å². The Labute approximate surface area is 209 Å². The second kappa shape index (κ2) is 11.7. The first-order valence-electron chi connectivity index (χ1n) is 10.5. The SMILES string of the molecule is Cc1cc(C(=O)Nc2ccc(CO)cc2)nn1Cc1cc(Cl)ccc1OCc1ccccc1.Cl. The van der Waals surface area contributed by atoms with Gasteiger partial charge in [0.15, 0.2) is 5.69 Å². The van der Waals surface area contributed by atoms with E-state index in [-0.39, 0.29) is 24.9 Å². The number of aromatic nitrogens is 2. The highest BCUT2D eigenvalue weighted by molar-refractivity contribution is 6.30. The van der Waals surface area contributed by atoms with Crippen LogP contribution in [0.1, 0.15) is 32.9 Å². The molecular weight excluding hydrogens is 473 g/mol. The number of rotatable bonds is 8. The minimum atomic E-state index is -0.305. The molecule has 0 unspecified atom stereocenters. The molecule has 0 saturated heterocycles. The summed E-state index contributed by atoms with van der Waals surface area (Å²) in [4.78, 5) is 12.7. The van der Waals surface area contributed by atoms with E-state index in [0.29, 0.717) is 35.3 Å². The van der Waals surface area contributed by atoms with Crippen LogP contribution in [0.15, 0.2) is 78.9 Å². The van der Waals surface area contributed by atoms with Gasteiger partial charge in [-0.05, 0) is 54.4 Å². The van der Waals surface area contributed by atoms with Gasteiger partial charge in [0.2, 0.25) is 0 Å². The lowest BCUT2D eigenvalue weighted by Gasteiger charge is -2.13. The Hall–Kier alpha value is -3.32. The van der Waals surface area contributed by atoms with E-state index in [9.17, 15) is 4.79 Å². The zero-order valence-electron chi connectivity index (χ0n) is 18.6. The molecule has 1 amide bonds. The maximum atomic E-state index is 12.7. The summed E-state index contributed by atoms with van der Waals surface area (Å²) >= 11 is 6.24. The maximum absolute atomic E-state index is 12.7. The van der Waals surface area contributed by atoms with Crippen molar-refractivity contribution in [3.8, 4) is 5.75 Å². The fourth-order valence-electron chi connectivity index (χ4n) is 3.38. The third-order valence-corrected chi connectivity index (χ3v) is 5.42. The summed E-state index contributed by atoms with van der Waals surface area (Å²) < 4.78 is 7.80. The zero-order valence-corrected chi connectivity index (χ0v) is 20.1. The van der Waals surface area contributed by atoms with E-state index in [4.69, 9.17) is 21.4 Å². The van der Waals surface area contributed by atoms with Crippen LogP contribution in [0, 0.1) is 6.92 Å². The molecule has 176 valence electrons. The minimum absolute atomic E-state index is 0. The number of nitrogens with zero attached hydrogens (tertiary/aromatic N) is 2. The Balaban J connectivity index is 0.00000324. The zero-order chi connectivity index (χ0) is 23.2. The van der Waals surface area contributed by atoms with Crippen molar-refractivity contribution in [3.05, 3.63) is 112 Å². The lowest BCUT2D eigenvalue weighted by atomic mass is 10.2. The van der Waals surface area contributed by atoms with Crippen molar-refractivity contribution < 1.29 is 14.6 Å². The van der Waals surface area contributed by atoms with Gasteiger partial charge in [-0.3, -0.25) is 9.48 Å². The Morgan fingerprint density at radius 3 is 2.47 bits per heavy atom. The number of anilines is 1. The molecule has 4 rings (SSSR count). The van der Waals surface area contributed by atoms with Gasteiger partial charge in [-0.15, -0.1) is 12.4 Å². The van der Waals surface area contributed by atoms with Crippen LogP contribution in [0.25, 0.3) is 0 Å². The van der Waals surface area contributed by atoms with Crippen molar-refractivity contribution in [3.63, 3.8) is 0 Å². The first kappa shape index (κ1) is 25.3. The van der Waals surface area contributed by atoms with Crippen LogP contribution < -0.4 is 10.1 Å². The first-order valence-corrected chi connectivity index (χ1v) is 10.9. The molecule has 0 bridgehead atoms. The number of hydrogen-bond donors (Lipinski definition) is 2. The van der Waals surface area contributed by atoms with Crippen LogP contribution in [0.2, 0.25) is 5.02 Å². The van der Waals surface area contributed by atoms with E-state index < -0.39 is 0 Å². The topological polar surface area (TPSA) is 76.4 Å². The van der Waals surface area contributed by atoms with E-state index in [0.717, 1.165) is 22.4 Å². The fourth-order valence-corrected chi connectivity index (χ4v) is 3.57. The number of aryl methyl sites for hydroxylation is 1. The molecule has 3 aromatic carbocycles. The van der Waals surface area contributed by atoms with Crippen LogP contribution in [0.4, 0.5) is 5.69 Å². The van der Waals surface area contributed by atoms with E-state index in [1.54, 1.807) is 41.1 Å². The monoisotopic (exact) mass is 497 g/mol. The Kier molecular flexibility index (Phi) is 8.71. The molecule has 2 N–H and O–H groups in total. The standard InChI is InChI=1S/C26H24ClN3O3.ClH/c1-18-13-24(26(32)28-23-10-7-19(16-31)8-11-23)29-30(18)15-21-14-22(27)9-12-25(21)33-17-20-5-3-2-4-6-20;/h2-14,31H,15-17H2,1H3,(H,28,32);1H. The lowest BCUT2D eigenvalue weighted by molar-refractivity contribution is 0.102. The van der Waals surface area contributed by atoms with Crippen molar-refractivity contribution in [1.82, 2.24) is 9.78 Å². The van der Waals surface area contributed by atoms with Gasteiger partial charge in [-0.2, -0.15) is 5.10 Å². The number of amides is 1. The highest BCUT2D eigenvalue weighted by Crippen LogP contribution is 2.25. The largest absolute Gasteiger partial charge is 0.489 e. The summed E-state index contributed by atoms with van der Waals surface area (Å²) in [7, 11) is 0. The smallest absolute Gasteiger partial charge is 0.276 e. The van der Waals surface area contributed by atoms with Crippen LogP contribution in [0.3, 0.4) is 0 Å². The molecule has 0 saturated carbocycles. The Morgan fingerprint density at radius 2 is 1.76 bits per heavy atom. The number of halogens is 2. The molecule has 1 heterocycles. The maximum Gasteiger partial charge on any atom is 0.276 e. The van der Waals surface area contributed by atoms with E-state index in [1.165, 1.54) is 0 Å². The predicted molar refractivity (Wildman–Crippen MR) is 136 cm³/mol. The van der Waals surface area contributed by atoms with E-state index in [1.807, 2.05) is 49.4 Å². The van der Waals surface area contributed by atoms with Gasteiger partial charge in [0, 0.05) is 22.0 Å². The van der Waals surface area contributed by atoms with Crippen molar-refractivity contribution in [2.75, 3.05) is 5.32 Å². The van der Waals surface area contributed by atoms with Crippen LogP contribution in [-0.4, -0.2) is 20.8 Å². The average Bonchev–Trinajstić information content (AvgIpc) is 3.20. The summed E-state index contributed by atoms with van der Waals surface area (Å²) in [5, 5.41) is 17.1. The summed E-state index contributed by atoms with van der Waals surface area (Å²) in [6.07, 6.45) is 0. The molecule has 0 aliphatic rings. The van der Waals surface area contributed by atoms with Crippen molar-refractivity contribution in [2.45, 2.75) is 26.7 Å². The van der Waals surface area contributed by atoms with Crippen LogP contribution >= 0.6 is 24.0 Å². The summed E-state index contributed by atoms with van der Waals surface area (Å²) in [5.74, 6) is 0.411. The predicted octanol–water partition coefficient (Wildman–Crippen LogP) is 5.64.